The van der Waals surface area contributed by atoms with Crippen LogP contribution in [-0.4, -0.2) is 6.29 Å². The third kappa shape index (κ3) is 4.77. The number of aldehydes is 1. The predicted molar refractivity (Wildman–Crippen MR) is 64.4 cm³/mol. The van der Waals surface area contributed by atoms with Crippen LogP contribution in [0.1, 0.15) is 12.5 Å². The molecule has 0 heterocycles. The van der Waals surface area contributed by atoms with Gasteiger partial charge in [-0.2, -0.15) is 0 Å². The molecule has 0 aliphatic heterocycles. The van der Waals surface area contributed by atoms with E-state index in [4.69, 9.17) is 0 Å². The smallest absolute Gasteiger partial charge is 0.143 e. The van der Waals surface area contributed by atoms with Crippen molar-refractivity contribution >= 4 is 12.4 Å². The molecule has 76 valence electrons. The van der Waals surface area contributed by atoms with Gasteiger partial charge < -0.3 is 0 Å². The Morgan fingerprint density at radius 2 is 1.87 bits per heavy atom. The topological polar surface area (TPSA) is 17.1 Å². The number of allylic oxidation sites excluding steroid dienone is 5. The summed E-state index contributed by atoms with van der Waals surface area (Å²) in [6.07, 6.45) is 10.1. The molecule has 1 rings (SSSR count). The Morgan fingerprint density at radius 1 is 1.13 bits per heavy atom. The van der Waals surface area contributed by atoms with E-state index in [0.29, 0.717) is 0 Å². The Balaban J connectivity index is 2.54. The van der Waals surface area contributed by atoms with Crippen molar-refractivity contribution in [3.05, 3.63) is 65.8 Å². The van der Waals surface area contributed by atoms with Crippen LogP contribution in [0.4, 0.5) is 0 Å². The molecule has 0 aromatic heterocycles. The SMILES string of the molecule is CC(/C=C/C=C/c1ccccc1)=C\C=O. The number of rotatable bonds is 4. The molecule has 0 atom stereocenters. The summed E-state index contributed by atoms with van der Waals surface area (Å²) < 4.78 is 0. The van der Waals surface area contributed by atoms with Gasteiger partial charge in [-0.15, -0.1) is 0 Å². The first-order chi connectivity index (χ1) is 7.33. The fraction of sp³-hybridized carbons (Fsp3) is 0.0714. The maximum Gasteiger partial charge on any atom is 0.143 e. The molecule has 0 saturated carbocycles. The molecule has 1 heteroatoms. The summed E-state index contributed by atoms with van der Waals surface area (Å²) in [6, 6.07) is 10.1. The van der Waals surface area contributed by atoms with E-state index in [1.807, 2.05) is 61.6 Å². The van der Waals surface area contributed by atoms with Gasteiger partial charge in [0, 0.05) is 0 Å². The molecule has 0 N–H and O–H groups in total. The lowest BCUT2D eigenvalue weighted by Crippen LogP contribution is -1.69. The minimum atomic E-state index is 0.792. The van der Waals surface area contributed by atoms with Crippen LogP contribution in [0.3, 0.4) is 0 Å². The van der Waals surface area contributed by atoms with Gasteiger partial charge in [-0.3, -0.25) is 4.79 Å². The molecule has 0 spiro atoms. The Hall–Kier alpha value is -1.89. The largest absolute Gasteiger partial charge is 0.299 e. The molecule has 0 fully saturated rings. The quantitative estimate of drug-likeness (QED) is 0.411. The first-order valence-electron chi connectivity index (χ1n) is 4.85. The van der Waals surface area contributed by atoms with Crippen LogP contribution in [0.15, 0.2) is 60.2 Å². The first-order valence-corrected chi connectivity index (χ1v) is 4.85. The molecule has 1 aromatic rings. The summed E-state index contributed by atoms with van der Waals surface area (Å²) in [5.74, 6) is 0. The van der Waals surface area contributed by atoms with Crippen molar-refractivity contribution in [1.82, 2.24) is 0 Å². The van der Waals surface area contributed by atoms with Crippen LogP contribution in [0, 0.1) is 0 Å². The standard InChI is InChI=1S/C14H14O/c1-13(11-12-15)7-5-6-10-14-8-3-2-4-9-14/h2-12H,1H3/b7-5+,10-6+,13-11+. The Morgan fingerprint density at radius 3 is 2.53 bits per heavy atom. The lowest BCUT2D eigenvalue weighted by Gasteiger charge is -1.88. The van der Waals surface area contributed by atoms with E-state index in [1.165, 1.54) is 11.6 Å². The molecule has 0 unspecified atom stereocenters. The molecule has 1 aromatic carbocycles. The minimum Gasteiger partial charge on any atom is -0.299 e. The maximum atomic E-state index is 10.1. The van der Waals surface area contributed by atoms with E-state index in [1.54, 1.807) is 0 Å². The second kappa shape index (κ2) is 6.55. The van der Waals surface area contributed by atoms with Crippen molar-refractivity contribution in [3.63, 3.8) is 0 Å². The summed E-state index contributed by atoms with van der Waals surface area (Å²) in [4.78, 5) is 10.1. The first kappa shape index (κ1) is 11.2. The van der Waals surface area contributed by atoms with Crippen LogP contribution in [-0.2, 0) is 4.79 Å². The van der Waals surface area contributed by atoms with Crippen molar-refractivity contribution in [1.29, 1.82) is 0 Å². The van der Waals surface area contributed by atoms with E-state index in [2.05, 4.69) is 0 Å². The molecule has 0 aliphatic rings. The normalized spacial score (nSPS) is 12.5. The highest BCUT2D eigenvalue weighted by molar-refractivity contribution is 5.67. The van der Waals surface area contributed by atoms with Crippen LogP contribution < -0.4 is 0 Å². The average Bonchev–Trinajstić information content (AvgIpc) is 2.26. The van der Waals surface area contributed by atoms with E-state index < -0.39 is 0 Å². The van der Waals surface area contributed by atoms with E-state index in [0.717, 1.165) is 11.9 Å². The van der Waals surface area contributed by atoms with Gasteiger partial charge in [-0.05, 0) is 24.1 Å². The second-order valence-electron chi connectivity index (χ2n) is 3.18. The highest BCUT2D eigenvalue weighted by Crippen LogP contribution is 2.01. The zero-order chi connectivity index (χ0) is 10.9. The van der Waals surface area contributed by atoms with Gasteiger partial charge in [-0.25, -0.2) is 0 Å². The molecule has 0 radical (unpaired) electrons. The zero-order valence-electron chi connectivity index (χ0n) is 8.76. The molecular formula is C14H14O. The maximum absolute atomic E-state index is 10.1. The number of hydrogen-bond donors (Lipinski definition) is 0. The average molecular weight is 198 g/mol. The minimum absolute atomic E-state index is 0.792. The molecule has 1 nitrogen and oxygen atoms in total. The predicted octanol–water partition coefficient (Wildman–Crippen LogP) is 3.40. The number of carbonyl (C=O) groups is 1. The number of carbonyl (C=O) groups excluding carboxylic acids is 1. The van der Waals surface area contributed by atoms with Crippen molar-refractivity contribution in [2.24, 2.45) is 0 Å². The second-order valence-corrected chi connectivity index (χ2v) is 3.18. The third-order valence-corrected chi connectivity index (χ3v) is 1.89. The summed E-state index contributed by atoms with van der Waals surface area (Å²) in [6.45, 7) is 1.89. The number of hydrogen-bond acceptors (Lipinski definition) is 1. The van der Waals surface area contributed by atoms with Gasteiger partial charge >= 0.3 is 0 Å². The van der Waals surface area contributed by atoms with Crippen molar-refractivity contribution < 1.29 is 4.79 Å². The summed E-state index contributed by atoms with van der Waals surface area (Å²) in [7, 11) is 0. The van der Waals surface area contributed by atoms with Gasteiger partial charge in [0.05, 0.1) is 0 Å². The van der Waals surface area contributed by atoms with Crippen molar-refractivity contribution in [2.75, 3.05) is 0 Å². The van der Waals surface area contributed by atoms with Crippen molar-refractivity contribution in [2.45, 2.75) is 6.92 Å². The van der Waals surface area contributed by atoms with E-state index in [-0.39, 0.29) is 0 Å². The highest BCUT2D eigenvalue weighted by atomic mass is 16.1. The third-order valence-electron chi connectivity index (χ3n) is 1.89. The van der Waals surface area contributed by atoms with Gasteiger partial charge in [0.15, 0.2) is 0 Å². The van der Waals surface area contributed by atoms with Crippen LogP contribution in [0.25, 0.3) is 6.08 Å². The molecule has 15 heavy (non-hydrogen) atoms. The van der Waals surface area contributed by atoms with Crippen LogP contribution in [0.2, 0.25) is 0 Å². The highest BCUT2D eigenvalue weighted by Gasteiger charge is 1.80. The van der Waals surface area contributed by atoms with Gasteiger partial charge in [-0.1, -0.05) is 54.6 Å². The summed E-state index contributed by atoms with van der Waals surface area (Å²) >= 11 is 0. The van der Waals surface area contributed by atoms with Gasteiger partial charge in [0.2, 0.25) is 0 Å². The lowest BCUT2D eigenvalue weighted by atomic mass is 10.2. The molecule has 0 bridgehead atoms. The van der Waals surface area contributed by atoms with E-state index >= 15 is 0 Å². The zero-order valence-corrected chi connectivity index (χ0v) is 8.76. The van der Waals surface area contributed by atoms with Crippen LogP contribution in [0.5, 0.6) is 0 Å². The number of benzene rings is 1. The summed E-state index contributed by atoms with van der Waals surface area (Å²) in [5.41, 5.74) is 2.11. The van der Waals surface area contributed by atoms with Gasteiger partial charge in [0.1, 0.15) is 6.29 Å². The molecule has 0 amide bonds. The Bertz CT molecular complexity index is 383. The Kier molecular flexibility index (Phi) is 4.88. The monoisotopic (exact) mass is 198 g/mol. The lowest BCUT2D eigenvalue weighted by molar-refractivity contribution is -0.104. The molecular weight excluding hydrogens is 184 g/mol. The fourth-order valence-corrected chi connectivity index (χ4v) is 1.10. The van der Waals surface area contributed by atoms with Crippen molar-refractivity contribution in [3.8, 4) is 0 Å². The van der Waals surface area contributed by atoms with Gasteiger partial charge in [0.25, 0.3) is 0 Å². The Labute approximate surface area is 90.4 Å². The molecule has 0 aliphatic carbocycles. The van der Waals surface area contributed by atoms with Crippen LogP contribution >= 0.6 is 0 Å². The molecule has 0 saturated heterocycles. The fourth-order valence-electron chi connectivity index (χ4n) is 1.10. The van der Waals surface area contributed by atoms with E-state index in [9.17, 15) is 4.79 Å². The summed E-state index contributed by atoms with van der Waals surface area (Å²) in [5, 5.41) is 0.